The number of carbonyl (C=O) groups is 1. The summed E-state index contributed by atoms with van der Waals surface area (Å²) in [5.74, 6) is -1.16. The monoisotopic (exact) mass is 261 g/mol. The normalized spacial score (nSPS) is 10.7. The van der Waals surface area contributed by atoms with Gasteiger partial charge in [0.15, 0.2) is 5.56 Å². The first kappa shape index (κ1) is 13.1. The molecule has 0 radical (unpaired) electrons. The molecule has 0 aliphatic heterocycles. The maximum absolute atomic E-state index is 11.8. The Morgan fingerprint density at radius 2 is 2.11 bits per heavy atom. The van der Waals surface area contributed by atoms with Crippen molar-refractivity contribution in [1.82, 2.24) is 4.98 Å². The van der Waals surface area contributed by atoms with Crippen LogP contribution in [0.1, 0.15) is 28.4 Å². The van der Waals surface area contributed by atoms with Gasteiger partial charge < -0.3 is 14.8 Å². The molecule has 0 bridgehead atoms. The van der Waals surface area contributed by atoms with Gasteiger partial charge in [-0.2, -0.15) is 0 Å². The van der Waals surface area contributed by atoms with Crippen LogP contribution in [0.15, 0.2) is 16.9 Å². The molecule has 0 amide bonds. The zero-order valence-electron chi connectivity index (χ0n) is 11.0. The van der Waals surface area contributed by atoms with Gasteiger partial charge in [0.2, 0.25) is 0 Å². The predicted molar refractivity (Wildman–Crippen MR) is 71.7 cm³/mol. The summed E-state index contributed by atoms with van der Waals surface area (Å²) in [5, 5.41) is 10.7. The Bertz CT molecular complexity index is 715. The molecule has 0 aliphatic rings. The van der Waals surface area contributed by atoms with Crippen LogP contribution in [0.2, 0.25) is 0 Å². The molecule has 1 aromatic carbocycles. The number of aromatic hydroxyl groups is 1. The third kappa shape index (κ3) is 1.97. The lowest BCUT2D eigenvalue weighted by Gasteiger charge is -2.11. The molecule has 0 unspecified atom stereocenters. The molecule has 0 spiro atoms. The molecule has 0 saturated carbocycles. The molecule has 1 aromatic heterocycles. The van der Waals surface area contributed by atoms with E-state index in [1.807, 2.05) is 19.9 Å². The first-order valence-corrected chi connectivity index (χ1v) is 5.97. The zero-order chi connectivity index (χ0) is 14.2. The van der Waals surface area contributed by atoms with E-state index in [2.05, 4.69) is 9.72 Å². The minimum Gasteiger partial charge on any atom is -0.506 e. The number of ether oxygens (including phenoxy) is 1. The van der Waals surface area contributed by atoms with Gasteiger partial charge in [-0.25, -0.2) is 4.79 Å². The van der Waals surface area contributed by atoms with Crippen LogP contribution in [0.25, 0.3) is 10.9 Å². The van der Waals surface area contributed by atoms with Crippen molar-refractivity contribution in [3.63, 3.8) is 0 Å². The Labute approximate surface area is 109 Å². The molecule has 0 aliphatic carbocycles. The summed E-state index contributed by atoms with van der Waals surface area (Å²) in [6.45, 7) is 3.87. The van der Waals surface area contributed by atoms with Crippen molar-refractivity contribution in [2.24, 2.45) is 0 Å². The van der Waals surface area contributed by atoms with E-state index in [0.717, 1.165) is 11.1 Å². The summed E-state index contributed by atoms with van der Waals surface area (Å²) in [7, 11) is 1.17. The Morgan fingerprint density at radius 1 is 1.42 bits per heavy atom. The molecule has 100 valence electrons. The standard InChI is InChI=1S/C14H15NO4/c1-4-8-7(2)5-6-9-10(8)12(16)11(13(17)15-9)14(18)19-3/h5-6H,4H2,1-3H3,(H2,15,16,17). The highest BCUT2D eigenvalue weighted by atomic mass is 16.5. The van der Waals surface area contributed by atoms with Crippen LogP contribution in [-0.4, -0.2) is 23.2 Å². The molecular formula is C14H15NO4. The van der Waals surface area contributed by atoms with E-state index >= 15 is 0 Å². The number of methoxy groups -OCH3 is 1. The Kier molecular flexibility index (Phi) is 3.29. The summed E-state index contributed by atoms with van der Waals surface area (Å²) in [6, 6.07) is 3.58. The zero-order valence-corrected chi connectivity index (χ0v) is 11.0. The molecule has 1 heterocycles. The number of aryl methyl sites for hydroxylation is 2. The number of fused-ring (bicyclic) bond motifs is 1. The van der Waals surface area contributed by atoms with E-state index in [9.17, 15) is 14.7 Å². The molecule has 2 rings (SSSR count). The summed E-state index contributed by atoms with van der Waals surface area (Å²) >= 11 is 0. The highest BCUT2D eigenvalue weighted by Crippen LogP contribution is 2.30. The van der Waals surface area contributed by atoms with Gasteiger partial charge in [-0.1, -0.05) is 13.0 Å². The predicted octanol–water partition coefficient (Wildman–Crippen LogP) is 1.89. The number of pyridine rings is 1. The van der Waals surface area contributed by atoms with E-state index in [4.69, 9.17) is 0 Å². The summed E-state index contributed by atoms with van der Waals surface area (Å²) in [6.07, 6.45) is 0.684. The average molecular weight is 261 g/mol. The largest absolute Gasteiger partial charge is 0.506 e. The van der Waals surface area contributed by atoms with Crippen LogP contribution in [0.3, 0.4) is 0 Å². The Hall–Kier alpha value is -2.30. The number of rotatable bonds is 2. The number of esters is 1. The molecule has 2 aromatic rings. The average Bonchev–Trinajstić information content (AvgIpc) is 2.39. The van der Waals surface area contributed by atoms with E-state index in [0.29, 0.717) is 17.3 Å². The van der Waals surface area contributed by atoms with Crippen LogP contribution >= 0.6 is 0 Å². The van der Waals surface area contributed by atoms with Crippen LogP contribution in [0, 0.1) is 6.92 Å². The number of benzene rings is 1. The lowest BCUT2D eigenvalue weighted by atomic mass is 9.98. The number of aromatic amines is 1. The van der Waals surface area contributed by atoms with Crippen molar-refractivity contribution < 1.29 is 14.6 Å². The highest BCUT2D eigenvalue weighted by molar-refractivity contribution is 6.00. The van der Waals surface area contributed by atoms with Crippen LogP contribution in [-0.2, 0) is 11.2 Å². The molecule has 0 saturated heterocycles. The second-order valence-corrected chi connectivity index (χ2v) is 4.31. The Balaban J connectivity index is 2.96. The minimum atomic E-state index is -0.843. The first-order chi connectivity index (χ1) is 9.01. The van der Waals surface area contributed by atoms with E-state index in [1.165, 1.54) is 7.11 Å². The molecule has 2 N–H and O–H groups in total. The van der Waals surface area contributed by atoms with Gasteiger partial charge >= 0.3 is 5.97 Å². The lowest BCUT2D eigenvalue weighted by molar-refractivity contribution is 0.0595. The van der Waals surface area contributed by atoms with Gasteiger partial charge in [-0.3, -0.25) is 4.79 Å². The summed E-state index contributed by atoms with van der Waals surface area (Å²) in [4.78, 5) is 26.0. The SMILES string of the molecule is CCc1c(C)ccc2[nH]c(=O)c(C(=O)OC)c(O)c12. The number of hydrogen-bond acceptors (Lipinski definition) is 4. The maximum Gasteiger partial charge on any atom is 0.347 e. The fraction of sp³-hybridized carbons (Fsp3) is 0.286. The van der Waals surface area contributed by atoms with E-state index in [1.54, 1.807) is 6.07 Å². The van der Waals surface area contributed by atoms with Crippen molar-refractivity contribution in [3.8, 4) is 5.75 Å². The number of nitrogens with one attached hydrogen (secondary N) is 1. The molecule has 5 heteroatoms. The fourth-order valence-corrected chi connectivity index (χ4v) is 2.29. The number of carbonyl (C=O) groups excluding carboxylic acids is 1. The topological polar surface area (TPSA) is 79.4 Å². The minimum absolute atomic E-state index is 0.314. The third-order valence-electron chi connectivity index (χ3n) is 3.24. The van der Waals surface area contributed by atoms with Gasteiger partial charge in [-0.15, -0.1) is 0 Å². The first-order valence-electron chi connectivity index (χ1n) is 5.97. The molecule has 0 fully saturated rings. The van der Waals surface area contributed by atoms with Crippen molar-refractivity contribution >= 4 is 16.9 Å². The van der Waals surface area contributed by atoms with Gasteiger partial charge in [0.05, 0.1) is 12.6 Å². The quantitative estimate of drug-likeness (QED) is 0.809. The van der Waals surface area contributed by atoms with E-state index in [-0.39, 0.29) is 11.3 Å². The van der Waals surface area contributed by atoms with Gasteiger partial charge in [0.25, 0.3) is 5.56 Å². The van der Waals surface area contributed by atoms with Gasteiger partial charge in [-0.05, 0) is 30.5 Å². The molecule has 0 atom stereocenters. The number of aromatic nitrogens is 1. The Morgan fingerprint density at radius 3 is 2.68 bits per heavy atom. The van der Waals surface area contributed by atoms with Crippen molar-refractivity contribution in [2.45, 2.75) is 20.3 Å². The van der Waals surface area contributed by atoms with Crippen LogP contribution in [0.5, 0.6) is 5.75 Å². The number of hydrogen-bond donors (Lipinski definition) is 2. The highest BCUT2D eigenvalue weighted by Gasteiger charge is 2.21. The van der Waals surface area contributed by atoms with Crippen molar-refractivity contribution in [3.05, 3.63) is 39.2 Å². The smallest absolute Gasteiger partial charge is 0.347 e. The molecular weight excluding hydrogens is 246 g/mol. The van der Waals surface area contributed by atoms with Crippen molar-refractivity contribution in [2.75, 3.05) is 7.11 Å². The van der Waals surface area contributed by atoms with Gasteiger partial charge in [0.1, 0.15) is 5.75 Å². The molecule has 19 heavy (non-hydrogen) atoms. The second kappa shape index (κ2) is 4.76. The third-order valence-corrected chi connectivity index (χ3v) is 3.24. The van der Waals surface area contributed by atoms with E-state index < -0.39 is 11.5 Å². The summed E-state index contributed by atoms with van der Waals surface area (Å²) in [5.41, 5.74) is 1.40. The molecule has 5 nitrogen and oxygen atoms in total. The summed E-state index contributed by atoms with van der Waals surface area (Å²) < 4.78 is 4.53. The number of H-pyrrole nitrogens is 1. The maximum atomic E-state index is 11.8. The van der Waals surface area contributed by atoms with Crippen LogP contribution < -0.4 is 5.56 Å². The second-order valence-electron chi connectivity index (χ2n) is 4.31. The van der Waals surface area contributed by atoms with Gasteiger partial charge in [0, 0.05) is 5.39 Å². The van der Waals surface area contributed by atoms with Crippen LogP contribution in [0.4, 0.5) is 0 Å². The van der Waals surface area contributed by atoms with Crippen molar-refractivity contribution in [1.29, 1.82) is 0 Å². The fourth-order valence-electron chi connectivity index (χ4n) is 2.29. The lowest BCUT2D eigenvalue weighted by Crippen LogP contribution is -2.19.